The normalized spacial score (nSPS) is 16.6. The lowest BCUT2D eigenvalue weighted by Crippen LogP contribution is -2.53. The fraction of sp³-hybridized carbons (Fsp3) is 0.257. The molecular formula is C35H31F4N9O4. The number of aliphatic hydroxyl groups is 1. The summed E-state index contributed by atoms with van der Waals surface area (Å²) in [6, 6.07) is 22.0. The van der Waals surface area contributed by atoms with Crippen LogP contribution in [0.3, 0.4) is 0 Å². The molecule has 0 unspecified atom stereocenters. The van der Waals surface area contributed by atoms with Gasteiger partial charge < -0.3 is 14.6 Å². The van der Waals surface area contributed by atoms with Gasteiger partial charge in [-0.25, -0.2) is 14.8 Å². The Morgan fingerprint density at radius 2 is 1.73 bits per heavy atom. The predicted octanol–water partition coefficient (Wildman–Crippen LogP) is 7.68. The number of benzene rings is 4. The van der Waals surface area contributed by atoms with Gasteiger partial charge in [0.05, 0.1) is 18.7 Å². The molecule has 0 saturated heterocycles. The molecule has 2 atom stereocenters. The molecule has 0 bridgehead atoms. The van der Waals surface area contributed by atoms with Crippen LogP contribution < -0.4 is 15.6 Å². The molecule has 5 rings (SSSR count). The molecule has 52 heavy (non-hydrogen) atoms. The average molecular weight is 718 g/mol. The number of hydrazine groups is 1. The van der Waals surface area contributed by atoms with Gasteiger partial charge in [-0.1, -0.05) is 58.8 Å². The first-order chi connectivity index (χ1) is 25.1. The largest absolute Gasteiger partial charge is 0.494 e. The van der Waals surface area contributed by atoms with Crippen LogP contribution in [-0.4, -0.2) is 35.7 Å². The van der Waals surface area contributed by atoms with E-state index in [1.165, 1.54) is 6.07 Å². The van der Waals surface area contributed by atoms with Crippen LogP contribution in [0.4, 0.5) is 23.2 Å². The number of nitrogens with zero attached hydrogens (tertiary/aromatic N) is 7. The molecule has 0 saturated carbocycles. The lowest BCUT2D eigenvalue weighted by Gasteiger charge is -2.32. The molecule has 0 aromatic heterocycles. The van der Waals surface area contributed by atoms with Gasteiger partial charge in [-0.3, -0.25) is 10.2 Å². The van der Waals surface area contributed by atoms with Crippen molar-refractivity contribution in [2.45, 2.75) is 43.8 Å². The number of azide groups is 2. The minimum atomic E-state index is -4.80. The van der Waals surface area contributed by atoms with Gasteiger partial charge >= 0.3 is 6.18 Å². The van der Waals surface area contributed by atoms with E-state index in [4.69, 9.17) is 25.1 Å². The topological polar surface area (TPSA) is 190 Å². The van der Waals surface area contributed by atoms with Crippen molar-refractivity contribution in [3.8, 4) is 5.75 Å². The van der Waals surface area contributed by atoms with Gasteiger partial charge in [0.2, 0.25) is 5.90 Å². The quantitative estimate of drug-likeness (QED) is 0.0283. The van der Waals surface area contributed by atoms with E-state index in [2.05, 4.69) is 30.9 Å². The molecule has 4 aromatic rings. The Kier molecular flexibility index (Phi) is 11.9. The summed E-state index contributed by atoms with van der Waals surface area (Å²) in [6.07, 6.45) is -5.77. The van der Waals surface area contributed by atoms with Gasteiger partial charge in [-0.05, 0) is 70.2 Å². The first-order valence-electron chi connectivity index (χ1n) is 15.8. The number of halogens is 4. The summed E-state index contributed by atoms with van der Waals surface area (Å²) < 4.78 is 66.4. The van der Waals surface area contributed by atoms with Crippen molar-refractivity contribution < 1.29 is 36.9 Å². The number of rotatable bonds is 15. The molecule has 0 aliphatic carbocycles. The van der Waals surface area contributed by atoms with Crippen LogP contribution in [0.25, 0.3) is 20.9 Å². The third kappa shape index (κ3) is 8.78. The van der Waals surface area contributed by atoms with Gasteiger partial charge in [-0.15, -0.1) is 0 Å². The van der Waals surface area contributed by atoms with Gasteiger partial charge in [0.1, 0.15) is 11.6 Å². The van der Waals surface area contributed by atoms with E-state index < -0.39 is 41.7 Å². The molecule has 268 valence electrons. The maximum atomic E-state index is 14.6. The SMILES string of the molecule is [N-]=[N+]=NCc1ccccc1C[C@]1(C(=O)NNCc2cc(F)cc(C(F)(F)F)c2)N=C(c2ccc(OCCCO)cc2)O[C@H]1c1ccccc1N=[N+]=[N-]. The summed E-state index contributed by atoms with van der Waals surface area (Å²) in [5.41, 5.74) is 22.4. The minimum absolute atomic E-state index is 0.0327. The number of carbonyl (C=O) groups is 1. The van der Waals surface area contributed by atoms with E-state index in [1.807, 2.05) is 0 Å². The zero-order chi connectivity index (χ0) is 37.1. The summed E-state index contributed by atoms with van der Waals surface area (Å²) in [6.45, 7) is -0.211. The Bertz CT molecular complexity index is 2030. The molecule has 13 nitrogen and oxygen atoms in total. The molecule has 3 N–H and O–H groups in total. The average Bonchev–Trinajstić information content (AvgIpc) is 3.51. The summed E-state index contributed by atoms with van der Waals surface area (Å²) >= 11 is 0. The number of aliphatic hydroxyl groups excluding tert-OH is 1. The molecule has 1 aliphatic heterocycles. The standard InChI is InChI=1S/C35H31F4N9O4/c36-27-17-22(16-26(18-27)35(37,38)39)20-42-46-33(50)34(19-24-6-1-2-7-25(24)21-43-47-40)31(29-8-3-4-9-30(29)45-48-41)52-32(44-34)23-10-12-28(13-11-23)51-15-5-14-49/h1-4,6-13,16-18,31,42,49H,5,14-15,19-21H2,(H,46,50)/t31-,34-/m0/s1. The van der Waals surface area contributed by atoms with Gasteiger partial charge in [0, 0.05) is 52.6 Å². The lowest BCUT2D eigenvalue weighted by atomic mass is 9.80. The molecule has 1 amide bonds. The Balaban J connectivity index is 1.60. The van der Waals surface area contributed by atoms with Crippen LogP contribution in [0.2, 0.25) is 0 Å². The molecular weight excluding hydrogens is 686 g/mol. The van der Waals surface area contributed by atoms with Crippen molar-refractivity contribution in [1.82, 2.24) is 10.9 Å². The zero-order valence-electron chi connectivity index (χ0n) is 27.3. The Hall–Kier alpha value is -6.12. The van der Waals surface area contributed by atoms with Crippen LogP contribution in [0.1, 0.15) is 45.9 Å². The third-order valence-corrected chi connectivity index (χ3v) is 8.06. The molecule has 1 heterocycles. The Morgan fingerprint density at radius 3 is 2.44 bits per heavy atom. The molecule has 0 spiro atoms. The maximum absolute atomic E-state index is 14.6. The second-order valence-electron chi connectivity index (χ2n) is 11.5. The molecule has 1 aliphatic rings. The smallest absolute Gasteiger partial charge is 0.416 e. The highest BCUT2D eigenvalue weighted by atomic mass is 19.4. The second-order valence-corrected chi connectivity index (χ2v) is 11.5. The number of amides is 1. The number of carbonyl (C=O) groups excluding carboxylic acids is 1. The molecule has 17 heteroatoms. The van der Waals surface area contributed by atoms with Gasteiger partial charge in [0.25, 0.3) is 5.91 Å². The number of hydrogen-bond acceptors (Lipinski definition) is 8. The Morgan fingerprint density at radius 1 is 1.00 bits per heavy atom. The summed E-state index contributed by atoms with van der Waals surface area (Å²) in [7, 11) is 0. The van der Waals surface area contributed by atoms with Crippen LogP contribution in [0.5, 0.6) is 5.75 Å². The number of alkyl halides is 3. The highest BCUT2D eigenvalue weighted by Crippen LogP contribution is 2.45. The highest BCUT2D eigenvalue weighted by Gasteiger charge is 2.54. The first-order valence-corrected chi connectivity index (χ1v) is 15.8. The van der Waals surface area contributed by atoms with Crippen molar-refractivity contribution in [2.75, 3.05) is 13.2 Å². The van der Waals surface area contributed by atoms with Crippen molar-refractivity contribution in [3.05, 3.63) is 151 Å². The maximum Gasteiger partial charge on any atom is 0.416 e. The molecule has 0 radical (unpaired) electrons. The van der Waals surface area contributed by atoms with Gasteiger partial charge in [0.15, 0.2) is 11.6 Å². The number of nitrogens with one attached hydrogen (secondary N) is 2. The van der Waals surface area contributed by atoms with Crippen molar-refractivity contribution in [1.29, 1.82) is 0 Å². The van der Waals surface area contributed by atoms with Crippen LogP contribution in [-0.2, 0) is 35.2 Å². The predicted molar refractivity (Wildman–Crippen MR) is 181 cm³/mol. The number of ether oxygens (including phenoxy) is 2. The summed E-state index contributed by atoms with van der Waals surface area (Å²) in [5, 5.41) is 16.6. The fourth-order valence-electron chi connectivity index (χ4n) is 5.64. The second kappa shape index (κ2) is 16.7. The van der Waals surface area contributed by atoms with Gasteiger partial charge in [-0.2, -0.15) is 13.2 Å². The van der Waals surface area contributed by atoms with E-state index in [0.717, 1.165) is 12.1 Å². The third-order valence-electron chi connectivity index (χ3n) is 8.06. The van der Waals surface area contributed by atoms with Crippen molar-refractivity contribution in [2.24, 2.45) is 15.2 Å². The minimum Gasteiger partial charge on any atom is -0.494 e. The monoisotopic (exact) mass is 717 g/mol. The zero-order valence-corrected chi connectivity index (χ0v) is 27.3. The summed E-state index contributed by atoms with van der Waals surface area (Å²) in [4.78, 5) is 25.2. The lowest BCUT2D eigenvalue weighted by molar-refractivity contribution is -0.138. The number of aliphatic imine (C=N–C) groups is 1. The van der Waals surface area contributed by atoms with Crippen molar-refractivity contribution >= 4 is 17.5 Å². The Labute approximate surface area is 294 Å². The van der Waals surface area contributed by atoms with E-state index >= 15 is 0 Å². The first kappa shape index (κ1) is 37.1. The van der Waals surface area contributed by atoms with E-state index in [9.17, 15) is 27.9 Å². The molecule has 4 aromatic carbocycles. The number of hydrogen-bond donors (Lipinski definition) is 3. The van der Waals surface area contributed by atoms with E-state index in [-0.39, 0.29) is 43.3 Å². The van der Waals surface area contributed by atoms with E-state index in [0.29, 0.717) is 40.5 Å². The fourth-order valence-corrected chi connectivity index (χ4v) is 5.64. The highest BCUT2D eigenvalue weighted by molar-refractivity contribution is 6.01. The molecule has 0 fully saturated rings. The van der Waals surface area contributed by atoms with Crippen LogP contribution in [0, 0.1) is 5.82 Å². The van der Waals surface area contributed by atoms with Crippen molar-refractivity contribution in [3.63, 3.8) is 0 Å². The van der Waals surface area contributed by atoms with Crippen LogP contribution in [0.15, 0.2) is 106 Å². The van der Waals surface area contributed by atoms with E-state index in [1.54, 1.807) is 66.7 Å². The van der Waals surface area contributed by atoms with Crippen LogP contribution >= 0.6 is 0 Å². The summed E-state index contributed by atoms with van der Waals surface area (Å²) in [5.74, 6) is -1.36.